The van der Waals surface area contributed by atoms with Crippen LogP contribution in [-0.4, -0.2) is 41.3 Å². The molecule has 0 bridgehead atoms. The van der Waals surface area contributed by atoms with Crippen LogP contribution in [0.25, 0.3) is 0 Å². The second-order valence-electron chi connectivity index (χ2n) is 7.70. The van der Waals surface area contributed by atoms with Gasteiger partial charge in [0.05, 0.1) is 11.6 Å². The van der Waals surface area contributed by atoms with Crippen LogP contribution in [0.15, 0.2) is 42.5 Å². The Hall–Kier alpha value is -2.98. The lowest BCUT2D eigenvalue weighted by atomic mass is 10.2. The van der Waals surface area contributed by atoms with Crippen molar-refractivity contribution in [3.63, 3.8) is 0 Å². The molecule has 172 valence electrons. The van der Waals surface area contributed by atoms with Gasteiger partial charge in [0.25, 0.3) is 5.91 Å². The third-order valence-corrected chi connectivity index (χ3v) is 5.06. The Morgan fingerprint density at radius 2 is 1.78 bits per heavy atom. The van der Waals surface area contributed by atoms with E-state index >= 15 is 0 Å². The fraction of sp³-hybridized carbons (Fsp3) is 0.364. The Kier molecular flexibility index (Phi) is 9.15. The fourth-order valence-corrected chi connectivity index (χ4v) is 3.77. The molecule has 1 heterocycles. The van der Waals surface area contributed by atoms with Gasteiger partial charge in [0.2, 0.25) is 0 Å². The average molecular weight is 478 g/mol. The molecule has 0 saturated carbocycles. The van der Waals surface area contributed by atoms with Crippen molar-refractivity contribution in [2.75, 3.05) is 11.9 Å². The summed E-state index contributed by atoms with van der Waals surface area (Å²) in [5.74, 6) is -0.865. The molecule has 2 amide bonds. The Morgan fingerprint density at radius 1 is 1.09 bits per heavy atom. The van der Waals surface area contributed by atoms with Gasteiger partial charge in [0, 0.05) is 16.9 Å². The fourth-order valence-electron chi connectivity index (χ4n) is 2.55. The highest BCUT2D eigenvalue weighted by atomic mass is 32.1. The number of alkyl carbamates (subject to hydrolysis) is 1. The number of benzene rings is 1. The third-order valence-electron chi connectivity index (χ3n) is 3.83. The molecule has 0 aliphatic rings. The van der Waals surface area contributed by atoms with E-state index in [4.69, 9.17) is 21.7 Å². The minimum atomic E-state index is -0.902. The number of hydrogen-bond donors (Lipinski definition) is 3. The molecule has 0 radical (unpaired) electrons. The van der Waals surface area contributed by atoms with E-state index in [1.165, 1.54) is 11.3 Å². The third kappa shape index (κ3) is 8.64. The summed E-state index contributed by atoms with van der Waals surface area (Å²) >= 11 is 6.55. The number of amides is 2. The van der Waals surface area contributed by atoms with Gasteiger partial charge in [-0.1, -0.05) is 18.2 Å². The lowest BCUT2D eigenvalue weighted by Gasteiger charge is -2.22. The van der Waals surface area contributed by atoms with Crippen LogP contribution in [0.1, 0.15) is 42.9 Å². The standard InChI is InChI=1S/C22H27N3O5S2/c1-5-29-19(27)16(23-21(28)30-22(2,3)4)13-15-11-12-17(32-15)24-20(31)25-18(26)14-9-7-6-8-10-14/h6-12,16H,5,13H2,1-4H3,(H,23,28)(H2,24,25,26,31)/t16-/m0/s1. The number of esters is 1. The van der Waals surface area contributed by atoms with Crippen molar-refractivity contribution < 1.29 is 23.9 Å². The first kappa shape index (κ1) is 25.3. The Morgan fingerprint density at radius 3 is 2.41 bits per heavy atom. The van der Waals surface area contributed by atoms with E-state index in [9.17, 15) is 14.4 Å². The summed E-state index contributed by atoms with van der Waals surface area (Å²) in [7, 11) is 0. The van der Waals surface area contributed by atoms with Crippen molar-refractivity contribution >= 4 is 51.6 Å². The number of ether oxygens (including phenoxy) is 2. The van der Waals surface area contributed by atoms with Gasteiger partial charge < -0.3 is 20.1 Å². The van der Waals surface area contributed by atoms with Crippen LogP contribution in [0.4, 0.5) is 9.80 Å². The zero-order valence-electron chi connectivity index (χ0n) is 18.4. The maximum atomic E-state index is 12.3. The van der Waals surface area contributed by atoms with Gasteiger partial charge >= 0.3 is 12.1 Å². The maximum Gasteiger partial charge on any atom is 0.408 e. The van der Waals surface area contributed by atoms with Crippen LogP contribution >= 0.6 is 23.6 Å². The summed E-state index contributed by atoms with van der Waals surface area (Å²) in [6, 6.07) is 11.4. The van der Waals surface area contributed by atoms with Gasteiger partial charge in [-0.15, -0.1) is 11.3 Å². The summed E-state index contributed by atoms with van der Waals surface area (Å²) in [6.45, 7) is 7.10. The number of hydrogen-bond acceptors (Lipinski definition) is 7. The van der Waals surface area contributed by atoms with Gasteiger partial charge in [-0.2, -0.15) is 0 Å². The summed E-state index contributed by atoms with van der Waals surface area (Å²) in [4.78, 5) is 37.4. The largest absolute Gasteiger partial charge is 0.464 e. The number of rotatable bonds is 7. The number of nitrogens with one attached hydrogen (secondary N) is 3. The van der Waals surface area contributed by atoms with Crippen LogP contribution in [0.5, 0.6) is 0 Å². The van der Waals surface area contributed by atoms with Crippen molar-refractivity contribution in [1.82, 2.24) is 10.6 Å². The first-order valence-corrected chi connectivity index (χ1v) is 11.2. The second-order valence-corrected chi connectivity index (χ2v) is 9.27. The monoisotopic (exact) mass is 477 g/mol. The van der Waals surface area contributed by atoms with Crippen molar-refractivity contribution in [3.8, 4) is 0 Å². The van der Waals surface area contributed by atoms with Gasteiger partial charge in [0.15, 0.2) is 5.11 Å². The molecule has 0 spiro atoms. The first-order valence-electron chi connectivity index (χ1n) is 9.99. The zero-order chi connectivity index (χ0) is 23.7. The second kappa shape index (κ2) is 11.6. The lowest BCUT2D eigenvalue weighted by Crippen LogP contribution is -2.45. The number of thiocarbonyl (C=S) groups is 1. The van der Waals surface area contributed by atoms with Crippen LogP contribution < -0.4 is 16.0 Å². The molecule has 0 saturated heterocycles. The first-order chi connectivity index (χ1) is 15.1. The SMILES string of the molecule is CCOC(=O)[C@H](Cc1ccc(NC(=S)NC(=O)c2ccccc2)s1)NC(=O)OC(C)(C)C. The van der Waals surface area contributed by atoms with Crippen molar-refractivity contribution in [2.45, 2.75) is 45.8 Å². The quantitative estimate of drug-likeness (QED) is 0.411. The highest BCUT2D eigenvalue weighted by Gasteiger charge is 2.26. The topological polar surface area (TPSA) is 106 Å². The molecule has 10 heteroatoms. The van der Waals surface area contributed by atoms with Gasteiger partial charge in [0.1, 0.15) is 11.6 Å². The number of anilines is 1. The molecule has 1 aromatic heterocycles. The maximum absolute atomic E-state index is 12.3. The normalized spacial score (nSPS) is 11.8. The number of thiophene rings is 1. The zero-order valence-corrected chi connectivity index (χ0v) is 20.0. The van der Waals surface area contributed by atoms with Crippen LogP contribution in [0, 0.1) is 0 Å². The highest BCUT2D eigenvalue weighted by Crippen LogP contribution is 2.23. The minimum Gasteiger partial charge on any atom is -0.464 e. The molecule has 8 nitrogen and oxygen atoms in total. The molecule has 0 fully saturated rings. The van der Waals surface area contributed by atoms with Gasteiger partial charge in [-0.3, -0.25) is 10.1 Å². The molecule has 32 heavy (non-hydrogen) atoms. The van der Waals surface area contributed by atoms with E-state index in [0.29, 0.717) is 10.6 Å². The smallest absolute Gasteiger partial charge is 0.408 e. The van der Waals surface area contributed by atoms with Crippen LogP contribution in [0.2, 0.25) is 0 Å². The molecule has 1 atom stereocenters. The summed E-state index contributed by atoms with van der Waals surface area (Å²) < 4.78 is 10.3. The van der Waals surface area contributed by atoms with Crippen LogP contribution in [0.3, 0.4) is 0 Å². The molecular weight excluding hydrogens is 450 g/mol. The number of carbonyl (C=O) groups is 3. The number of carbonyl (C=O) groups excluding carboxylic acids is 3. The van der Waals surface area contributed by atoms with E-state index in [-0.39, 0.29) is 24.0 Å². The average Bonchev–Trinajstić information content (AvgIpc) is 3.13. The molecule has 0 aliphatic heterocycles. The van der Waals surface area contributed by atoms with Crippen molar-refractivity contribution in [2.24, 2.45) is 0 Å². The summed E-state index contributed by atoms with van der Waals surface area (Å²) in [5, 5.41) is 8.97. The summed E-state index contributed by atoms with van der Waals surface area (Å²) in [5.41, 5.74) is -0.197. The van der Waals surface area contributed by atoms with E-state index in [2.05, 4.69) is 16.0 Å². The van der Waals surface area contributed by atoms with Gasteiger partial charge in [-0.25, -0.2) is 9.59 Å². The molecule has 0 unspecified atom stereocenters. The predicted octanol–water partition coefficient (Wildman–Crippen LogP) is 3.87. The van der Waals surface area contributed by atoms with E-state index in [0.717, 1.165) is 4.88 Å². The molecule has 0 aliphatic carbocycles. The highest BCUT2D eigenvalue weighted by molar-refractivity contribution is 7.80. The minimum absolute atomic E-state index is 0.154. The van der Waals surface area contributed by atoms with Crippen LogP contribution in [-0.2, 0) is 20.7 Å². The van der Waals surface area contributed by atoms with E-state index in [1.807, 2.05) is 6.07 Å². The lowest BCUT2D eigenvalue weighted by molar-refractivity contribution is -0.145. The van der Waals surface area contributed by atoms with E-state index in [1.54, 1.807) is 64.1 Å². The van der Waals surface area contributed by atoms with E-state index < -0.39 is 23.7 Å². The Bertz CT molecular complexity index is 954. The predicted molar refractivity (Wildman–Crippen MR) is 128 cm³/mol. The molecule has 1 aromatic carbocycles. The molecule has 2 aromatic rings. The van der Waals surface area contributed by atoms with Crippen molar-refractivity contribution in [3.05, 3.63) is 52.9 Å². The molecular formula is C22H27N3O5S2. The van der Waals surface area contributed by atoms with Gasteiger partial charge in [-0.05, 0) is 64.2 Å². The molecule has 2 rings (SSSR count). The Balaban J connectivity index is 1.98. The summed E-state index contributed by atoms with van der Waals surface area (Å²) in [6.07, 6.45) is -0.483. The Labute approximate surface area is 196 Å². The van der Waals surface area contributed by atoms with Crippen molar-refractivity contribution in [1.29, 1.82) is 0 Å². The molecule has 3 N–H and O–H groups in total.